The molecule has 0 saturated heterocycles. The monoisotopic (exact) mass is 335 g/mol. The van der Waals surface area contributed by atoms with E-state index in [0.717, 1.165) is 12.3 Å². The van der Waals surface area contributed by atoms with Crippen molar-refractivity contribution in [1.82, 2.24) is 0 Å². The van der Waals surface area contributed by atoms with Crippen molar-refractivity contribution in [2.45, 2.75) is 25.7 Å². The molecule has 0 aromatic heterocycles. The van der Waals surface area contributed by atoms with E-state index in [-0.39, 0.29) is 5.82 Å². The molecule has 0 bridgehead atoms. The van der Waals surface area contributed by atoms with Gasteiger partial charge in [0.1, 0.15) is 11.6 Å². The molecule has 1 saturated carbocycles. The van der Waals surface area contributed by atoms with Gasteiger partial charge in [0.15, 0.2) is 0 Å². The first-order chi connectivity index (χ1) is 7.66. The molecule has 0 heterocycles. The molecule has 16 heavy (non-hydrogen) atoms. The predicted octanol–water partition coefficient (Wildman–Crippen LogP) is 3.58. The van der Waals surface area contributed by atoms with Gasteiger partial charge in [-0.15, -0.1) is 0 Å². The van der Waals surface area contributed by atoms with Gasteiger partial charge in [0.05, 0.1) is 15.9 Å². The molecule has 1 aliphatic carbocycles. The second-order valence-electron chi connectivity index (χ2n) is 4.24. The SMILES string of the molecule is Nc1cc(I)c(F)cc1OCCC1CCC1. The van der Waals surface area contributed by atoms with E-state index in [4.69, 9.17) is 10.5 Å². The minimum absolute atomic E-state index is 0.270. The van der Waals surface area contributed by atoms with Crippen molar-refractivity contribution in [1.29, 1.82) is 0 Å². The Balaban J connectivity index is 1.90. The van der Waals surface area contributed by atoms with Crippen LogP contribution in [-0.4, -0.2) is 6.61 Å². The predicted molar refractivity (Wildman–Crippen MR) is 71.0 cm³/mol. The maximum atomic E-state index is 13.3. The van der Waals surface area contributed by atoms with Gasteiger partial charge >= 0.3 is 0 Å². The summed E-state index contributed by atoms with van der Waals surface area (Å²) in [5.74, 6) is 1.00. The fourth-order valence-electron chi connectivity index (χ4n) is 1.79. The summed E-state index contributed by atoms with van der Waals surface area (Å²) in [5.41, 5.74) is 6.27. The lowest BCUT2D eigenvalue weighted by atomic mass is 9.83. The molecule has 2 nitrogen and oxygen atoms in total. The number of nitrogen functional groups attached to an aromatic ring is 1. The van der Waals surface area contributed by atoms with E-state index in [9.17, 15) is 4.39 Å². The summed E-state index contributed by atoms with van der Waals surface area (Å²) in [6, 6.07) is 2.98. The summed E-state index contributed by atoms with van der Waals surface area (Å²) in [6.45, 7) is 0.634. The molecular weight excluding hydrogens is 320 g/mol. The molecule has 2 rings (SSSR count). The maximum absolute atomic E-state index is 13.3. The van der Waals surface area contributed by atoms with Crippen LogP contribution in [0.15, 0.2) is 12.1 Å². The molecule has 1 fully saturated rings. The topological polar surface area (TPSA) is 35.2 Å². The highest BCUT2D eigenvalue weighted by Gasteiger charge is 2.17. The van der Waals surface area contributed by atoms with Crippen LogP contribution < -0.4 is 10.5 Å². The van der Waals surface area contributed by atoms with E-state index in [1.54, 1.807) is 6.07 Å². The molecular formula is C12H15FINO. The summed E-state index contributed by atoms with van der Waals surface area (Å²) in [5, 5.41) is 0. The quantitative estimate of drug-likeness (QED) is 0.674. The van der Waals surface area contributed by atoms with E-state index in [2.05, 4.69) is 0 Å². The summed E-state index contributed by atoms with van der Waals surface area (Å²) >= 11 is 1.92. The minimum Gasteiger partial charge on any atom is -0.491 e. The van der Waals surface area contributed by atoms with Gasteiger partial charge in [-0.3, -0.25) is 0 Å². The molecule has 1 aliphatic rings. The van der Waals surface area contributed by atoms with E-state index in [1.807, 2.05) is 22.6 Å². The Morgan fingerprint density at radius 3 is 2.81 bits per heavy atom. The second-order valence-corrected chi connectivity index (χ2v) is 5.40. The number of hydrogen-bond donors (Lipinski definition) is 1. The van der Waals surface area contributed by atoms with Gasteiger partial charge in [0.25, 0.3) is 0 Å². The second kappa shape index (κ2) is 5.21. The van der Waals surface area contributed by atoms with Gasteiger partial charge in [-0.05, 0) is 41.0 Å². The van der Waals surface area contributed by atoms with Gasteiger partial charge in [0, 0.05) is 6.07 Å². The highest BCUT2D eigenvalue weighted by Crippen LogP contribution is 2.30. The summed E-state index contributed by atoms with van der Waals surface area (Å²) in [7, 11) is 0. The Labute approximate surface area is 108 Å². The first-order valence-electron chi connectivity index (χ1n) is 5.54. The van der Waals surface area contributed by atoms with Crippen molar-refractivity contribution in [2.24, 2.45) is 5.92 Å². The number of ether oxygens (including phenoxy) is 1. The molecule has 0 aliphatic heterocycles. The third kappa shape index (κ3) is 2.78. The number of anilines is 1. The minimum atomic E-state index is -0.270. The largest absolute Gasteiger partial charge is 0.491 e. The number of hydrogen-bond acceptors (Lipinski definition) is 2. The number of rotatable bonds is 4. The zero-order chi connectivity index (χ0) is 11.5. The standard InChI is InChI=1S/C12H15FINO/c13-9-6-12(11(15)7-10(9)14)16-5-4-8-2-1-3-8/h6-8H,1-5,15H2. The van der Waals surface area contributed by atoms with Crippen molar-refractivity contribution in [3.63, 3.8) is 0 Å². The fourth-order valence-corrected chi connectivity index (χ4v) is 2.28. The first-order valence-corrected chi connectivity index (χ1v) is 6.62. The number of benzene rings is 1. The number of halogens is 2. The molecule has 2 N–H and O–H groups in total. The highest BCUT2D eigenvalue weighted by atomic mass is 127. The van der Waals surface area contributed by atoms with Crippen molar-refractivity contribution in [3.05, 3.63) is 21.5 Å². The molecule has 4 heteroatoms. The molecule has 1 aromatic carbocycles. The van der Waals surface area contributed by atoms with Gasteiger partial charge in [-0.1, -0.05) is 19.3 Å². The van der Waals surface area contributed by atoms with Crippen LogP contribution in [0, 0.1) is 15.3 Å². The third-order valence-corrected chi connectivity index (χ3v) is 3.89. The van der Waals surface area contributed by atoms with Crippen LogP contribution in [0.5, 0.6) is 5.75 Å². The van der Waals surface area contributed by atoms with Crippen LogP contribution in [-0.2, 0) is 0 Å². The van der Waals surface area contributed by atoms with Gasteiger partial charge in [-0.25, -0.2) is 4.39 Å². The lowest BCUT2D eigenvalue weighted by molar-refractivity contribution is 0.222. The Hall–Kier alpha value is -0.520. The summed E-state index contributed by atoms with van der Waals surface area (Å²) in [6.07, 6.45) is 5.00. The van der Waals surface area contributed by atoms with E-state index < -0.39 is 0 Å². The number of nitrogens with two attached hydrogens (primary N) is 1. The molecule has 1 aromatic rings. The lowest BCUT2D eigenvalue weighted by Gasteiger charge is -2.25. The normalized spacial score (nSPS) is 15.9. The van der Waals surface area contributed by atoms with Crippen LogP contribution in [0.1, 0.15) is 25.7 Å². The van der Waals surface area contributed by atoms with Crippen molar-refractivity contribution < 1.29 is 9.13 Å². The average Bonchev–Trinajstić information content (AvgIpc) is 2.17. The molecule has 0 spiro atoms. The Morgan fingerprint density at radius 2 is 2.19 bits per heavy atom. The lowest BCUT2D eigenvalue weighted by Crippen LogP contribution is -2.14. The third-order valence-electron chi connectivity index (χ3n) is 3.06. The molecule has 88 valence electrons. The van der Waals surface area contributed by atoms with Gasteiger partial charge in [0.2, 0.25) is 0 Å². The van der Waals surface area contributed by atoms with Crippen molar-refractivity contribution in [3.8, 4) is 5.75 Å². The van der Waals surface area contributed by atoms with Crippen molar-refractivity contribution in [2.75, 3.05) is 12.3 Å². The van der Waals surface area contributed by atoms with Crippen LogP contribution >= 0.6 is 22.6 Å². The van der Waals surface area contributed by atoms with Crippen LogP contribution in [0.3, 0.4) is 0 Å². The maximum Gasteiger partial charge on any atom is 0.145 e. The van der Waals surface area contributed by atoms with E-state index in [0.29, 0.717) is 21.6 Å². The highest BCUT2D eigenvalue weighted by molar-refractivity contribution is 14.1. The molecule has 0 radical (unpaired) electrons. The summed E-state index contributed by atoms with van der Waals surface area (Å²) < 4.78 is 19.3. The van der Waals surface area contributed by atoms with E-state index >= 15 is 0 Å². The smallest absolute Gasteiger partial charge is 0.145 e. The van der Waals surface area contributed by atoms with Gasteiger partial charge < -0.3 is 10.5 Å². The Kier molecular flexibility index (Phi) is 3.89. The fraction of sp³-hybridized carbons (Fsp3) is 0.500. The zero-order valence-electron chi connectivity index (χ0n) is 9.01. The molecule has 0 atom stereocenters. The average molecular weight is 335 g/mol. The van der Waals surface area contributed by atoms with E-state index in [1.165, 1.54) is 25.3 Å². The zero-order valence-corrected chi connectivity index (χ0v) is 11.2. The van der Waals surface area contributed by atoms with Crippen molar-refractivity contribution >= 4 is 28.3 Å². The Morgan fingerprint density at radius 1 is 1.44 bits per heavy atom. The van der Waals surface area contributed by atoms with Crippen LogP contribution in [0.4, 0.5) is 10.1 Å². The summed E-state index contributed by atoms with van der Waals surface area (Å²) in [4.78, 5) is 0. The molecule has 0 amide bonds. The Bertz CT molecular complexity index is 380. The first kappa shape index (κ1) is 12.0. The van der Waals surface area contributed by atoms with Crippen LogP contribution in [0.2, 0.25) is 0 Å². The van der Waals surface area contributed by atoms with Crippen LogP contribution in [0.25, 0.3) is 0 Å². The molecule has 0 unspecified atom stereocenters. The van der Waals surface area contributed by atoms with Gasteiger partial charge in [-0.2, -0.15) is 0 Å².